The minimum absolute atomic E-state index is 0.00847. The van der Waals surface area contributed by atoms with Gasteiger partial charge in [-0.3, -0.25) is 19.1 Å². The third-order valence-corrected chi connectivity index (χ3v) is 7.54. The number of rotatable bonds is 6. The van der Waals surface area contributed by atoms with Gasteiger partial charge in [0.05, 0.1) is 30.8 Å². The fraction of sp³-hybridized carbons (Fsp3) is 0.565. The molecule has 176 valence electrons. The zero-order valence-corrected chi connectivity index (χ0v) is 20.6. The van der Waals surface area contributed by atoms with Crippen molar-refractivity contribution in [2.24, 2.45) is 0 Å². The van der Waals surface area contributed by atoms with Crippen molar-refractivity contribution in [1.82, 2.24) is 9.47 Å². The molecular weight excluding hydrogens is 460 g/mol. The van der Waals surface area contributed by atoms with Crippen LogP contribution in [0.2, 0.25) is 0 Å². The number of thiocarbonyl (C=S) groups is 1. The molecule has 4 rings (SSSR count). The summed E-state index contributed by atoms with van der Waals surface area (Å²) < 4.78 is 13.4. The summed E-state index contributed by atoms with van der Waals surface area (Å²) in [5.41, 5.74) is 1.13. The number of ether oxygens (including phenoxy) is 2. The number of nitrogens with zero attached hydrogens (tertiary/aromatic N) is 4. The highest BCUT2D eigenvalue weighted by Gasteiger charge is 2.35. The van der Waals surface area contributed by atoms with Crippen LogP contribution in [0.3, 0.4) is 0 Å². The van der Waals surface area contributed by atoms with Crippen molar-refractivity contribution in [3.63, 3.8) is 0 Å². The summed E-state index contributed by atoms with van der Waals surface area (Å²) >= 11 is 6.77. The Morgan fingerprint density at radius 3 is 2.67 bits per heavy atom. The summed E-state index contributed by atoms with van der Waals surface area (Å²) in [5, 5.41) is 9.74. The van der Waals surface area contributed by atoms with Gasteiger partial charge in [-0.2, -0.15) is 5.26 Å². The normalized spacial score (nSPS) is 22.5. The van der Waals surface area contributed by atoms with Crippen molar-refractivity contribution >= 4 is 46.1 Å². The second-order valence-electron chi connectivity index (χ2n) is 8.33. The highest BCUT2D eigenvalue weighted by molar-refractivity contribution is 8.26. The van der Waals surface area contributed by atoms with E-state index in [1.54, 1.807) is 22.5 Å². The summed E-state index contributed by atoms with van der Waals surface area (Å²) in [6, 6.07) is 2.08. The van der Waals surface area contributed by atoms with E-state index in [-0.39, 0.29) is 23.1 Å². The summed E-state index contributed by atoms with van der Waals surface area (Å²) in [5.74, 6) is 0.589. The van der Waals surface area contributed by atoms with Gasteiger partial charge in [0.1, 0.15) is 21.8 Å². The van der Waals surface area contributed by atoms with E-state index in [0.29, 0.717) is 60.8 Å². The molecule has 1 amide bonds. The van der Waals surface area contributed by atoms with E-state index in [0.717, 1.165) is 30.6 Å². The number of hydrogen-bond acceptors (Lipinski definition) is 8. The molecule has 3 aliphatic rings. The SMILES string of the molecule is CCCn1c(N2CCOCC2)c(/C=C2\SC(=S)N(CC3CCCO3)C2=O)c(C)c(C#N)c1=O. The maximum atomic E-state index is 13.3. The Bertz CT molecular complexity index is 1080. The Morgan fingerprint density at radius 2 is 2.03 bits per heavy atom. The van der Waals surface area contributed by atoms with Crippen molar-refractivity contribution in [1.29, 1.82) is 5.26 Å². The zero-order chi connectivity index (χ0) is 23.5. The number of aromatic nitrogens is 1. The van der Waals surface area contributed by atoms with E-state index < -0.39 is 0 Å². The van der Waals surface area contributed by atoms with Gasteiger partial charge in [0.2, 0.25) is 0 Å². The fourth-order valence-corrected chi connectivity index (χ4v) is 5.73. The Hall–Kier alpha value is -2.19. The van der Waals surface area contributed by atoms with Crippen molar-refractivity contribution in [3.8, 4) is 6.07 Å². The Labute approximate surface area is 203 Å². The fourth-order valence-electron chi connectivity index (χ4n) is 4.47. The molecule has 0 aromatic carbocycles. The van der Waals surface area contributed by atoms with E-state index in [2.05, 4.69) is 11.0 Å². The van der Waals surface area contributed by atoms with Gasteiger partial charge >= 0.3 is 0 Å². The van der Waals surface area contributed by atoms with Crippen LogP contribution in [0.1, 0.15) is 42.9 Å². The van der Waals surface area contributed by atoms with E-state index in [9.17, 15) is 14.9 Å². The van der Waals surface area contributed by atoms with Gasteiger partial charge in [0.15, 0.2) is 0 Å². The molecule has 3 aliphatic heterocycles. The summed E-state index contributed by atoms with van der Waals surface area (Å²) in [7, 11) is 0. The lowest BCUT2D eigenvalue weighted by Crippen LogP contribution is -2.41. The molecule has 33 heavy (non-hydrogen) atoms. The van der Waals surface area contributed by atoms with Crippen LogP contribution in [0, 0.1) is 18.3 Å². The van der Waals surface area contributed by atoms with Gasteiger partial charge in [-0.25, -0.2) is 0 Å². The van der Waals surface area contributed by atoms with Gasteiger partial charge in [0, 0.05) is 31.8 Å². The molecule has 1 aromatic heterocycles. The van der Waals surface area contributed by atoms with Crippen molar-refractivity contribution < 1.29 is 14.3 Å². The predicted octanol–water partition coefficient (Wildman–Crippen LogP) is 2.66. The highest BCUT2D eigenvalue weighted by Crippen LogP contribution is 2.36. The molecule has 1 atom stereocenters. The smallest absolute Gasteiger partial charge is 0.270 e. The van der Waals surface area contributed by atoms with Gasteiger partial charge in [-0.05, 0) is 37.8 Å². The number of anilines is 1. The lowest BCUT2D eigenvalue weighted by atomic mass is 10.0. The lowest BCUT2D eigenvalue weighted by Gasteiger charge is -2.33. The van der Waals surface area contributed by atoms with Gasteiger partial charge in [-0.15, -0.1) is 0 Å². The molecule has 1 aromatic rings. The number of pyridine rings is 1. The Balaban J connectivity index is 1.80. The molecule has 1 unspecified atom stereocenters. The van der Waals surface area contributed by atoms with Crippen LogP contribution in [0.4, 0.5) is 5.82 Å². The number of thioether (sulfide) groups is 1. The molecule has 0 radical (unpaired) electrons. The molecule has 10 heteroatoms. The van der Waals surface area contributed by atoms with Crippen LogP contribution in [0.25, 0.3) is 6.08 Å². The first kappa shape index (κ1) is 24.0. The van der Waals surface area contributed by atoms with E-state index >= 15 is 0 Å². The zero-order valence-electron chi connectivity index (χ0n) is 19.0. The predicted molar refractivity (Wildman–Crippen MR) is 132 cm³/mol. The average molecular weight is 489 g/mol. The number of carbonyl (C=O) groups is 1. The van der Waals surface area contributed by atoms with Crippen molar-refractivity contribution in [2.75, 3.05) is 44.4 Å². The molecule has 8 nitrogen and oxygen atoms in total. The molecule has 0 bridgehead atoms. The Morgan fingerprint density at radius 1 is 1.27 bits per heavy atom. The molecule has 0 N–H and O–H groups in total. The first-order valence-electron chi connectivity index (χ1n) is 11.3. The van der Waals surface area contributed by atoms with Crippen LogP contribution in [-0.4, -0.2) is 65.3 Å². The summed E-state index contributed by atoms with van der Waals surface area (Å²) in [4.78, 5) is 30.7. The van der Waals surface area contributed by atoms with E-state index in [4.69, 9.17) is 21.7 Å². The first-order valence-corrected chi connectivity index (χ1v) is 12.6. The second kappa shape index (κ2) is 10.4. The van der Waals surface area contributed by atoms with Crippen molar-refractivity contribution in [2.45, 2.75) is 45.8 Å². The summed E-state index contributed by atoms with van der Waals surface area (Å²) in [6.07, 6.45) is 4.47. The summed E-state index contributed by atoms with van der Waals surface area (Å²) in [6.45, 7) is 7.82. The van der Waals surface area contributed by atoms with Crippen LogP contribution in [0.15, 0.2) is 9.70 Å². The van der Waals surface area contributed by atoms with Crippen LogP contribution in [-0.2, 0) is 20.8 Å². The molecule has 3 fully saturated rings. The largest absolute Gasteiger partial charge is 0.378 e. The number of amides is 1. The van der Waals surface area contributed by atoms with Gasteiger partial charge in [0.25, 0.3) is 11.5 Å². The number of carbonyl (C=O) groups excluding carboxylic acids is 1. The van der Waals surface area contributed by atoms with Crippen LogP contribution in [0.5, 0.6) is 0 Å². The standard InChI is InChI=1S/C23H28N4O4S2/c1-3-6-26-20(25-7-10-30-11-8-25)17(15(2)18(13-24)21(26)28)12-19-22(29)27(23(32)33-19)14-16-5-4-9-31-16/h12,16H,3-11,14H2,1-2H3/b19-12-. The second-order valence-corrected chi connectivity index (χ2v) is 10.0. The van der Waals surface area contributed by atoms with E-state index in [1.165, 1.54) is 11.8 Å². The molecular formula is C23H28N4O4S2. The molecule has 3 saturated heterocycles. The number of morpholine rings is 1. The molecule has 0 spiro atoms. The third kappa shape index (κ3) is 4.73. The van der Waals surface area contributed by atoms with Crippen LogP contribution < -0.4 is 10.5 Å². The monoisotopic (exact) mass is 488 g/mol. The van der Waals surface area contributed by atoms with Crippen molar-refractivity contribution in [3.05, 3.63) is 31.9 Å². The minimum atomic E-state index is -0.290. The maximum absolute atomic E-state index is 13.3. The maximum Gasteiger partial charge on any atom is 0.270 e. The molecule has 4 heterocycles. The quantitative estimate of drug-likeness (QED) is 0.446. The number of nitriles is 1. The number of hydrogen-bond donors (Lipinski definition) is 0. The third-order valence-electron chi connectivity index (χ3n) is 6.16. The highest BCUT2D eigenvalue weighted by atomic mass is 32.2. The van der Waals surface area contributed by atoms with Gasteiger partial charge < -0.3 is 14.4 Å². The lowest BCUT2D eigenvalue weighted by molar-refractivity contribution is -0.123. The van der Waals surface area contributed by atoms with E-state index in [1.807, 2.05) is 6.92 Å². The van der Waals surface area contributed by atoms with Gasteiger partial charge in [-0.1, -0.05) is 30.9 Å². The minimum Gasteiger partial charge on any atom is -0.378 e. The molecule has 0 aliphatic carbocycles. The van der Waals surface area contributed by atoms with Crippen LogP contribution >= 0.6 is 24.0 Å². The average Bonchev–Trinajstić information content (AvgIpc) is 3.42. The Kier molecular flexibility index (Phi) is 7.54. The molecule has 0 saturated carbocycles. The topological polar surface area (TPSA) is 87.8 Å². The first-order chi connectivity index (χ1) is 16.0.